The highest BCUT2D eigenvalue weighted by Crippen LogP contribution is 2.29. The molecule has 0 aromatic carbocycles. The Hall–Kier alpha value is -1.04. The van der Waals surface area contributed by atoms with Gasteiger partial charge in [-0.2, -0.15) is 4.31 Å². The molecule has 1 saturated heterocycles. The quantitative estimate of drug-likeness (QED) is 0.671. The normalized spacial score (nSPS) is 24.0. The number of carbonyl (C=O) groups excluding carboxylic acids is 1. The molecule has 1 fully saturated rings. The molecule has 9 nitrogen and oxygen atoms in total. The van der Waals surface area contributed by atoms with Crippen LogP contribution in [0.15, 0.2) is 9.63 Å². The average Bonchev–Trinajstić information content (AvgIpc) is 2.92. The van der Waals surface area contributed by atoms with Gasteiger partial charge in [0.15, 0.2) is 4.60 Å². The van der Waals surface area contributed by atoms with Crippen LogP contribution in [0.3, 0.4) is 0 Å². The Morgan fingerprint density at radius 2 is 2.20 bits per heavy atom. The van der Waals surface area contributed by atoms with Crippen molar-refractivity contribution in [3.8, 4) is 0 Å². The number of rotatable bonds is 3. The van der Waals surface area contributed by atoms with E-state index < -0.39 is 28.1 Å². The number of nitrogens with zero attached hydrogens (tertiary/aromatic N) is 4. The summed E-state index contributed by atoms with van der Waals surface area (Å²) in [4.78, 5) is 11.7. The zero-order valence-corrected chi connectivity index (χ0v) is 13.1. The smallest absolute Gasteiger partial charge is 0.324 e. The van der Waals surface area contributed by atoms with Gasteiger partial charge in [0.05, 0.1) is 13.2 Å². The van der Waals surface area contributed by atoms with Crippen LogP contribution < -0.4 is 0 Å². The molecule has 0 saturated carbocycles. The van der Waals surface area contributed by atoms with E-state index >= 15 is 0 Å². The fourth-order valence-electron chi connectivity index (χ4n) is 2.11. The summed E-state index contributed by atoms with van der Waals surface area (Å²) in [5.74, 6) is -0.712. The number of aliphatic hydroxyl groups is 1. The van der Waals surface area contributed by atoms with Crippen molar-refractivity contribution < 1.29 is 23.1 Å². The maximum Gasteiger partial charge on any atom is 0.324 e. The maximum absolute atomic E-state index is 12.6. The largest absolute Gasteiger partial charge is 0.468 e. The molecular weight excluding hydrogens is 356 g/mol. The first-order chi connectivity index (χ1) is 9.28. The number of aliphatic hydroxyl groups excluding tert-OH is 1. The van der Waals surface area contributed by atoms with Crippen LogP contribution >= 0.6 is 15.9 Å². The van der Waals surface area contributed by atoms with Gasteiger partial charge in [0.25, 0.3) is 10.0 Å². The number of β-amino-alcohol motifs (C(OH)–C–C–N with tert-alkyl or cyclic N) is 1. The van der Waals surface area contributed by atoms with Crippen LogP contribution in [0, 0.1) is 0 Å². The number of aryl methyl sites for hydroxylation is 1. The Morgan fingerprint density at radius 3 is 2.70 bits per heavy atom. The van der Waals surface area contributed by atoms with Gasteiger partial charge in [-0.3, -0.25) is 4.79 Å². The highest BCUT2D eigenvalue weighted by molar-refractivity contribution is 9.10. The van der Waals surface area contributed by atoms with Crippen molar-refractivity contribution in [3.63, 3.8) is 0 Å². The van der Waals surface area contributed by atoms with E-state index in [0.717, 1.165) is 8.99 Å². The molecule has 20 heavy (non-hydrogen) atoms. The molecule has 2 unspecified atom stereocenters. The zero-order valence-electron chi connectivity index (χ0n) is 10.7. The molecule has 1 aliphatic heterocycles. The summed E-state index contributed by atoms with van der Waals surface area (Å²) >= 11 is 3.01. The standard InChI is InChI=1S/C9H13BrN4O5S/c1-13-8(7(10)11-12-13)20(17,18)14-4-5(15)3-6(14)9(16)19-2/h5-6,15H,3-4H2,1-2H3. The van der Waals surface area contributed by atoms with Crippen molar-refractivity contribution in [2.24, 2.45) is 7.05 Å². The Labute approximate surface area is 123 Å². The van der Waals surface area contributed by atoms with Crippen molar-refractivity contribution >= 4 is 31.9 Å². The molecule has 0 aliphatic carbocycles. The lowest BCUT2D eigenvalue weighted by atomic mass is 10.2. The van der Waals surface area contributed by atoms with Crippen LogP contribution in [0.1, 0.15) is 6.42 Å². The summed E-state index contributed by atoms with van der Waals surface area (Å²) in [6.07, 6.45) is -0.928. The third-order valence-corrected chi connectivity index (χ3v) is 5.76. The van der Waals surface area contributed by atoms with Gasteiger partial charge in [0.2, 0.25) is 5.03 Å². The number of aromatic nitrogens is 3. The Bertz CT molecular complexity index is 611. The molecule has 1 N–H and O–H groups in total. The third-order valence-electron chi connectivity index (χ3n) is 3.00. The molecule has 112 valence electrons. The fraction of sp³-hybridized carbons (Fsp3) is 0.667. The summed E-state index contributed by atoms with van der Waals surface area (Å²) in [6, 6.07) is -1.05. The lowest BCUT2D eigenvalue weighted by Crippen LogP contribution is -2.41. The van der Waals surface area contributed by atoms with Crippen molar-refractivity contribution in [2.45, 2.75) is 23.6 Å². The summed E-state index contributed by atoms with van der Waals surface area (Å²) in [7, 11) is -1.44. The van der Waals surface area contributed by atoms with E-state index in [-0.39, 0.29) is 22.6 Å². The van der Waals surface area contributed by atoms with Gasteiger partial charge in [-0.05, 0) is 15.9 Å². The molecule has 1 aliphatic rings. The molecule has 1 aromatic rings. The SMILES string of the molecule is COC(=O)C1CC(O)CN1S(=O)(=O)c1c(Br)nnn1C. The van der Waals surface area contributed by atoms with Crippen LogP contribution in [-0.4, -0.2) is 64.6 Å². The lowest BCUT2D eigenvalue weighted by Gasteiger charge is -2.21. The predicted octanol–water partition coefficient (Wildman–Crippen LogP) is -1.13. The molecule has 2 rings (SSSR count). The van der Waals surface area contributed by atoms with E-state index in [0.29, 0.717) is 0 Å². The molecule has 0 radical (unpaired) electrons. The second-order valence-corrected chi connectivity index (χ2v) is 6.87. The van der Waals surface area contributed by atoms with Crippen molar-refractivity contribution in [1.82, 2.24) is 19.3 Å². The van der Waals surface area contributed by atoms with Crippen LogP contribution in [0.2, 0.25) is 0 Å². The Morgan fingerprint density at radius 1 is 1.55 bits per heavy atom. The minimum Gasteiger partial charge on any atom is -0.468 e. The molecule has 0 amide bonds. The number of halogens is 1. The first-order valence-electron chi connectivity index (χ1n) is 5.62. The van der Waals surface area contributed by atoms with Crippen molar-refractivity contribution in [2.75, 3.05) is 13.7 Å². The number of sulfonamides is 1. The number of methoxy groups -OCH3 is 1. The van der Waals surface area contributed by atoms with E-state index in [4.69, 9.17) is 0 Å². The first kappa shape index (κ1) is 15.4. The van der Waals surface area contributed by atoms with E-state index in [2.05, 4.69) is 31.0 Å². The maximum atomic E-state index is 12.6. The molecular formula is C9H13BrN4O5S. The molecule has 2 heterocycles. The number of hydrogen-bond acceptors (Lipinski definition) is 7. The van der Waals surface area contributed by atoms with Crippen molar-refractivity contribution in [3.05, 3.63) is 4.60 Å². The van der Waals surface area contributed by atoms with Crippen LogP contribution in [0.4, 0.5) is 0 Å². The predicted molar refractivity (Wildman–Crippen MR) is 69.0 cm³/mol. The van der Waals surface area contributed by atoms with Gasteiger partial charge in [0.1, 0.15) is 6.04 Å². The summed E-state index contributed by atoms with van der Waals surface area (Å²) in [6.45, 7) is -0.181. The molecule has 2 atom stereocenters. The number of ether oxygens (including phenoxy) is 1. The highest BCUT2D eigenvalue weighted by Gasteiger charge is 2.46. The van der Waals surface area contributed by atoms with Gasteiger partial charge < -0.3 is 9.84 Å². The number of hydrogen-bond donors (Lipinski definition) is 1. The van der Waals surface area contributed by atoms with E-state index in [9.17, 15) is 18.3 Å². The van der Waals surface area contributed by atoms with E-state index in [1.165, 1.54) is 14.2 Å². The van der Waals surface area contributed by atoms with E-state index in [1.54, 1.807) is 0 Å². The van der Waals surface area contributed by atoms with Crippen LogP contribution in [0.25, 0.3) is 0 Å². The summed E-state index contributed by atoms with van der Waals surface area (Å²) in [5.41, 5.74) is 0. The third kappa shape index (κ3) is 2.45. The summed E-state index contributed by atoms with van der Waals surface area (Å²) in [5, 5.41) is 16.7. The first-order valence-corrected chi connectivity index (χ1v) is 7.85. The monoisotopic (exact) mass is 368 g/mol. The van der Waals surface area contributed by atoms with Crippen LogP contribution in [-0.2, 0) is 26.6 Å². The minimum atomic E-state index is -4.03. The van der Waals surface area contributed by atoms with Gasteiger partial charge in [-0.15, -0.1) is 5.10 Å². The van der Waals surface area contributed by atoms with Gasteiger partial charge >= 0.3 is 5.97 Å². The lowest BCUT2D eigenvalue weighted by molar-refractivity contribution is -0.144. The molecule has 0 spiro atoms. The number of esters is 1. The molecule has 0 bridgehead atoms. The molecule has 11 heteroatoms. The van der Waals surface area contributed by atoms with Crippen LogP contribution in [0.5, 0.6) is 0 Å². The topological polar surface area (TPSA) is 115 Å². The second kappa shape index (κ2) is 5.39. The Balaban J connectivity index is 2.45. The van der Waals surface area contributed by atoms with Crippen molar-refractivity contribution in [1.29, 1.82) is 0 Å². The highest BCUT2D eigenvalue weighted by atomic mass is 79.9. The van der Waals surface area contributed by atoms with Gasteiger partial charge in [-0.25, -0.2) is 13.1 Å². The van der Waals surface area contributed by atoms with Gasteiger partial charge in [-0.1, -0.05) is 5.21 Å². The zero-order chi connectivity index (χ0) is 15.1. The Kier molecular flexibility index (Phi) is 4.14. The summed E-state index contributed by atoms with van der Waals surface area (Å²) < 4.78 is 31.8. The van der Waals surface area contributed by atoms with Gasteiger partial charge in [0, 0.05) is 20.0 Å². The number of carbonyl (C=O) groups is 1. The minimum absolute atomic E-state index is 0.00516. The second-order valence-electron chi connectivity index (χ2n) is 4.31. The average molecular weight is 369 g/mol. The fourth-order valence-corrected chi connectivity index (χ4v) is 4.77. The van der Waals surface area contributed by atoms with E-state index in [1.807, 2.05) is 0 Å². The molecule has 1 aromatic heterocycles.